The number of hydrogen-bond acceptors (Lipinski definition) is 2. The van der Waals surface area contributed by atoms with Crippen molar-refractivity contribution in [1.82, 2.24) is 4.98 Å². The minimum absolute atomic E-state index is 0.172. The molecule has 0 unspecified atom stereocenters. The third kappa shape index (κ3) is 4.05. The summed E-state index contributed by atoms with van der Waals surface area (Å²) >= 11 is 0. The molecule has 0 saturated heterocycles. The van der Waals surface area contributed by atoms with Gasteiger partial charge in [0.2, 0.25) is 0 Å². The van der Waals surface area contributed by atoms with Crippen LogP contribution in [0.2, 0.25) is 0 Å². The van der Waals surface area contributed by atoms with Crippen LogP contribution in [0.4, 0.5) is 5.82 Å². The van der Waals surface area contributed by atoms with Gasteiger partial charge < -0.3 is 5.32 Å². The Hall–Kier alpha value is -1.31. The predicted molar refractivity (Wildman–Crippen MR) is 70.9 cm³/mol. The molecule has 88 valence electrons. The van der Waals surface area contributed by atoms with Gasteiger partial charge in [-0.05, 0) is 30.9 Å². The maximum absolute atomic E-state index is 4.40. The molecule has 1 N–H and O–H groups in total. The first-order chi connectivity index (χ1) is 7.39. The van der Waals surface area contributed by atoms with E-state index in [1.807, 2.05) is 12.3 Å². The SMILES string of the molecule is CC(C)=CCNc1ccc(C(C)(C)C)cn1. The Balaban J connectivity index is 2.62. The molecule has 0 radical (unpaired) electrons. The molecule has 2 heteroatoms. The van der Waals surface area contributed by atoms with Crippen LogP contribution < -0.4 is 5.32 Å². The van der Waals surface area contributed by atoms with Crippen LogP contribution in [0.1, 0.15) is 40.2 Å². The summed E-state index contributed by atoms with van der Waals surface area (Å²) in [6.07, 6.45) is 4.10. The van der Waals surface area contributed by atoms with Gasteiger partial charge in [-0.25, -0.2) is 4.98 Å². The van der Waals surface area contributed by atoms with Crippen LogP contribution in [0.5, 0.6) is 0 Å². The Morgan fingerprint density at radius 1 is 1.31 bits per heavy atom. The minimum atomic E-state index is 0.172. The first-order valence-corrected chi connectivity index (χ1v) is 5.73. The molecule has 0 aliphatic rings. The van der Waals surface area contributed by atoms with Crippen molar-refractivity contribution in [3.05, 3.63) is 35.5 Å². The van der Waals surface area contributed by atoms with Gasteiger partial charge in [-0.2, -0.15) is 0 Å². The summed E-state index contributed by atoms with van der Waals surface area (Å²) in [5.41, 5.74) is 2.75. The van der Waals surface area contributed by atoms with Gasteiger partial charge in [0.05, 0.1) is 0 Å². The van der Waals surface area contributed by atoms with E-state index in [0.29, 0.717) is 0 Å². The lowest BCUT2D eigenvalue weighted by molar-refractivity contribution is 0.587. The summed E-state index contributed by atoms with van der Waals surface area (Å²) in [7, 11) is 0. The zero-order valence-corrected chi connectivity index (χ0v) is 11.0. The summed E-state index contributed by atoms with van der Waals surface area (Å²) in [4.78, 5) is 4.40. The monoisotopic (exact) mass is 218 g/mol. The highest BCUT2D eigenvalue weighted by Gasteiger charge is 2.13. The lowest BCUT2D eigenvalue weighted by Crippen LogP contribution is -2.11. The fourth-order valence-electron chi connectivity index (χ4n) is 1.30. The number of pyridine rings is 1. The molecule has 16 heavy (non-hydrogen) atoms. The minimum Gasteiger partial charge on any atom is -0.367 e. The van der Waals surface area contributed by atoms with Crippen molar-refractivity contribution in [2.75, 3.05) is 11.9 Å². The molecule has 1 aromatic heterocycles. The molecule has 0 saturated carbocycles. The van der Waals surface area contributed by atoms with E-state index in [1.165, 1.54) is 11.1 Å². The Morgan fingerprint density at radius 2 is 2.00 bits per heavy atom. The number of allylic oxidation sites excluding steroid dienone is 1. The molecule has 0 amide bonds. The van der Waals surface area contributed by atoms with E-state index in [1.54, 1.807) is 0 Å². The Morgan fingerprint density at radius 3 is 2.44 bits per heavy atom. The summed E-state index contributed by atoms with van der Waals surface area (Å²) in [6, 6.07) is 4.18. The highest BCUT2D eigenvalue weighted by molar-refractivity contribution is 5.37. The zero-order chi connectivity index (χ0) is 12.2. The summed E-state index contributed by atoms with van der Waals surface area (Å²) in [5.74, 6) is 0.936. The maximum atomic E-state index is 4.40. The molecular formula is C14H22N2. The Labute approximate surface area is 98.8 Å². The van der Waals surface area contributed by atoms with Crippen LogP contribution in [0.25, 0.3) is 0 Å². The maximum Gasteiger partial charge on any atom is 0.126 e. The summed E-state index contributed by atoms with van der Waals surface area (Å²) in [6.45, 7) is 11.6. The second-order valence-electron chi connectivity index (χ2n) is 5.34. The van der Waals surface area contributed by atoms with E-state index in [9.17, 15) is 0 Å². The number of rotatable bonds is 3. The largest absolute Gasteiger partial charge is 0.367 e. The number of nitrogens with one attached hydrogen (secondary N) is 1. The normalized spacial score (nSPS) is 11.1. The topological polar surface area (TPSA) is 24.9 Å². The third-order valence-electron chi connectivity index (χ3n) is 2.42. The highest BCUT2D eigenvalue weighted by Crippen LogP contribution is 2.21. The van der Waals surface area contributed by atoms with Gasteiger partial charge in [0.1, 0.15) is 5.82 Å². The fraction of sp³-hybridized carbons (Fsp3) is 0.500. The molecule has 1 rings (SSSR count). The molecule has 0 aliphatic heterocycles. The quantitative estimate of drug-likeness (QED) is 0.781. The van der Waals surface area contributed by atoms with Crippen molar-refractivity contribution < 1.29 is 0 Å². The zero-order valence-electron chi connectivity index (χ0n) is 11.0. The van der Waals surface area contributed by atoms with Gasteiger partial charge in [0.25, 0.3) is 0 Å². The van der Waals surface area contributed by atoms with Crippen molar-refractivity contribution in [2.45, 2.75) is 40.0 Å². The molecule has 0 spiro atoms. The molecule has 0 aliphatic carbocycles. The second kappa shape index (κ2) is 5.15. The number of nitrogens with zero attached hydrogens (tertiary/aromatic N) is 1. The van der Waals surface area contributed by atoms with Gasteiger partial charge in [0.15, 0.2) is 0 Å². The molecule has 1 aromatic rings. The summed E-state index contributed by atoms with van der Waals surface area (Å²) < 4.78 is 0. The first-order valence-electron chi connectivity index (χ1n) is 5.73. The van der Waals surface area contributed by atoms with E-state index >= 15 is 0 Å². The Kier molecular flexibility index (Phi) is 4.11. The lowest BCUT2D eigenvalue weighted by atomic mass is 9.88. The van der Waals surface area contributed by atoms with Crippen molar-refractivity contribution >= 4 is 5.82 Å². The molecule has 0 fully saturated rings. The molecule has 2 nitrogen and oxygen atoms in total. The van der Waals surface area contributed by atoms with Crippen molar-refractivity contribution in [3.8, 4) is 0 Å². The van der Waals surface area contributed by atoms with Crippen LogP contribution in [0.3, 0.4) is 0 Å². The molecular weight excluding hydrogens is 196 g/mol. The van der Waals surface area contributed by atoms with Gasteiger partial charge in [-0.3, -0.25) is 0 Å². The molecule has 0 atom stereocenters. The van der Waals surface area contributed by atoms with Crippen molar-refractivity contribution in [2.24, 2.45) is 0 Å². The number of hydrogen-bond donors (Lipinski definition) is 1. The first kappa shape index (κ1) is 12.8. The number of anilines is 1. The smallest absolute Gasteiger partial charge is 0.126 e. The molecule has 0 aromatic carbocycles. The van der Waals surface area contributed by atoms with Crippen LogP contribution >= 0.6 is 0 Å². The van der Waals surface area contributed by atoms with Gasteiger partial charge in [0, 0.05) is 12.7 Å². The van der Waals surface area contributed by atoms with E-state index in [2.05, 4.69) is 57.1 Å². The third-order valence-corrected chi connectivity index (χ3v) is 2.42. The second-order valence-corrected chi connectivity index (χ2v) is 5.34. The Bertz CT molecular complexity index is 351. The lowest BCUT2D eigenvalue weighted by Gasteiger charge is -2.18. The highest BCUT2D eigenvalue weighted by atomic mass is 15.0. The van der Waals surface area contributed by atoms with Gasteiger partial charge in [-0.1, -0.05) is 38.5 Å². The van der Waals surface area contributed by atoms with E-state index in [-0.39, 0.29) is 5.41 Å². The standard InChI is InChI=1S/C14H22N2/c1-11(2)8-9-15-13-7-6-12(10-16-13)14(3,4)5/h6-8,10H,9H2,1-5H3,(H,15,16). The van der Waals surface area contributed by atoms with Gasteiger partial charge >= 0.3 is 0 Å². The fourth-order valence-corrected chi connectivity index (χ4v) is 1.30. The van der Waals surface area contributed by atoms with Crippen LogP contribution in [0.15, 0.2) is 30.0 Å². The van der Waals surface area contributed by atoms with Crippen molar-refractivity contribution in [1.29, 1.82) is 0 Å². The summed E-state index contributed by atoms with van der Waals surface area (Å²) in [5, 5.41) is 3.27. The average Bonchev–Trinajstić information content (AvgIpc) is 2.16. The van der Waals surface area contributed by atoms with Crippen molar-refractivity contribution in [3.63, 3.8) is 0 Å². The molecule has 0 bridgehead atoms. The van der Waals surface area contributed by atoms with Crippen LogP contribution in [-0.2, 0) is 5.41 Å². The van der Waals surface area contributed by atoms with E-state index in [0.717, 1.165) is 12.4 Å². The predicted octanol–water partition coefficient (Wildman–Crippen LogP) is 3.76. The van der Waals surface area contributed by atoms with Gasteiger partial charge in [-0.15, -0.1) is 0 Å². The van der Waals surface area contributed by atoms with Crippen LogP contribution in [-0.4, -0.2) is 11.5 Å². The number of aromatic nitrogens is 1. The average molecular weight is 218 g/mol. The van der Waals surface area contributed by atoms with E-state index < -0.39 is 0 Å². The van der Waals surface area contributed by atoms with E-state index in [4.69, 9.17) is 0 Å². The van der Waals surface area contributed by atoms with Crippen LogP contribution in [0, 0.1) is 0 Å². The molecule has 1 heterocycles.